The summed E-state index contributed by atoms with van der Waals surface area (Å²) in [5.74, 6) is 0. The Morgan fingerprint density at radius 2 is 2.05 bits per heavy atom. The smallest absolute Gasteiger partial charge is 0.0470 e. The molecule has 0 saturated carbocycles. The van der Waals surface area contributed by atoms with Crippen molar-refractivity contribution in [2.24, 2.45) is 11.1 Å². The quantitative estimate of drug-likeness (QED) is 0.891. The summed E-state index contributed by atoms with van der Waals surface area (Å²) in [7, 11) is 0. The normalized spacial score (nSPS) is 21.4. The topological polar surface area (TPSA) is 29.3 Å². The molecule has 0 amide bonds. The van der Waals surface area contributed by atoms with E-state index in [1.54, 1.807) is 0 Å². The van der Waals surface area contributed by atoms with E-state index >= 15 is 0 Å². The third-order valence-electron chi connectivity index (χ3n) is 4.61. The van der Waals surface area contributed by atoms with E-state index in [2.05, 4.69) is 59.8 Å². The first-order chi connectivity index (χ1) is 9.43. The molecule has 0 aromatic heterocycles. The van der Waals surface area contributed by atoms with Gasteiger partial charge in [-0.2, -0.15) is 0 Å². The van der Waals surface area contributed by atoms with Gasteiger partial charge in [-0.3, -0.25) is 4.90 Å². The van der Waals surface area contributed by atoms with Gasteiger partial charge in [0, 0.05) is 17.1 Å². The highest BCUT2D eigenvalue weighted by Crippen LogP contribution is 2.33. The van der Waals surface area contributed by atoms with Crippen molar-refractivity contribution in [1.82, 2.24) is 4.90 Å². The minimum absolute atomic E-state index is 0.357. The minimum atomic E-state index is 0.357. The number of hydrogen-bond acceptors (Lipinski definition) is 2. The molecule has 1 unspecified atom stereocenters. The summed E-state index contributed by atoms with van der Waals surface area (Å²) >= 11 is 3.58. The molecule has 112 valence electrons. The van der Waals surface area contributed by atoms with E-state index < -0.39 is 0 Å². The molecule has 1 atom stereocenters. The molecule has 1 saturated heterocycles. The number of aryl methyl sites for hydroxylation is 1. The van der Waals surface area contributed by atoms with Crippen molar-refractivity contribution in [2.45, 2.75) is 46.1 Å². The van der Waals surface area contributed by atoms with Crippen LogP contribution in [0.25, 0.3) is 0 Å². The molecule has 2 nitrogen and oxygen atoms in total. The third-order valence-corrected chi connectivity index (χ3v) is 5.50. The summed E-state index contributed by atoms with van der Waals surface area (Å²) in [6.45, 7) is 9.94. The van der Waals surface area contributed by atoms with Gasteiger partial charge >= 0.3 is 0 Å². The molecule has 1 aromatic rings. The predicted molar refractivity (Wildman–Crippen MR) is 89.9 cm³/mol. The summed E-state index contributed by atoms with van der Waals surface area (Å²) in [5, 5.41) is 0. The molecule has 20 heavy (non-hydrogen) atoms. The van der Waals surface area contributed by atoms with Crippen LogP contribution < -0.4 is 5.73 Å². The second-order valence-electron chi connectivity index (χ2n) is 6.81. The van der Waals surface area contributed by atoms with Gasteiger partial charge in [0.15, 0.2) is 0 Å². The Labute approximate surface area is 131 Å². The maximum atomic E-state index is 6.09. The van der Waals surface area contributed by atoms with Crippen LogP contribution in [0.5, 0.6) is 0 Å². The van der Waals surface area contributed by atoms with Gasteiger partial charge in [-0.05, 0) is 61.9 Å². The van der Waals surface area contributed by atoms with Crippen LogP contribution >= 0.6 is 15.9 Å². The lowest BCUT2D eigenvalue weighted by Crippen LogP contribution is -2.35. The number of nitrogens with two attached hydrogens (primary N) is 1. The van der Waals surface area contributed by atoms with E-state index in [1.165, 1.54) is 41.4 Å². The Morgan fingerprint density at radius 1 is 1.30 bits per heavy atom. The van der Waals surface area contributed by atoms with Crippen LogP contribution in [0.4, 0.5) is 0 Å². The van der Waals surface area contributed by atoms with Gasteiger partial charge in [-0.1, -0.05) is 41.9 Å². The lowest BCUT2D eigenvalue weighted by molar-refractivity contribution is 0.200. The molecule has 0 spiro atoms. The van der Waals surface area contributed by atoms with Crippen molar-refractivity contribution in [3.63, 3.8) is 0 Å². The first-order valence-corrected chi connectivity index (χ1v) is 8.42. The third kappa shape index (κ3) is 3.84. The van der Waals surface area contributed by atoms with Crippen molar-refractivity contribution < 1.29 is 0 Å². The van der Waals surface area contributed by atoms with Crippen molar-refractivity contribution >= 4 is 15.9 Å². The maximum absolute atomic E-state index is 6.09. The largest absolute Gasteiger partial charge is 0.329 e. The second kappa shape index (κ2) is 6.59. The first-order valence-electron chi connectivity index (χ1n) is 7.63. The number of nitrogens with zero attached hydrogens (tertiary/aromatic N) is 1. The van der Waals surface area contributed by atoms with E-state index in [0.29, 0.717) is 18.0 Å². The lowest BCUT2D eigenvalue weighted by atomic mass is 9.85. The molecular formula is C17H27BrN2. The Balaban J connectivity index is 2.17. The molecule has 1 fully saturated rings. The Bertz CT molecular complexity index is 456. The fourth-order valence-corrected chi connectivity index (χ4v) is 3.37. The van der Waals surface area contributed by atoms with Crippen LogP contribution in [0.2, 0.25) is 0 Å². The summed E-state index contributed by atoms with van der Waals surface area (Å²) in [6.07, 6.45) is 3.86. The van der Waals surface area contributed by atoms with Gasteiger partial charge in [-0.25, -0.2) is 0 Å². The summed E-state index contributed by atoms with van der Waals surface area (Å²) in [5.41, 5.74) is 9.21. The average Bonchev–Trinajstić information content (AvgIpc) is 2.56. The number of hydrogen-bond donors (Lipinski definition) is 1. The molecule has 1 aromatic carbocycles. The van der Waals surface area contributed by atoms with E-state index in [1.807, 2.05) is 0 Å². The Hall–Kier alpha value is -0.380. The van der Waals surface area contributed by atoms with Gasteiger partial charge < -0.3 is 5.73 Å². The van der Waals surface area contributed by atoms with E-state index in [9.17, 15) is 0 Å². The zero-order chi connectivity index (χ0) is 14.8. The first kappa shape index (κ1) is 16.0. The highest BCUT2D eigenvalue weighted by atomic mass is 79.9. The molecule has 3 heteroatoms. The molecule has 0 aliphatic carbocycles. The SMILES string of the molecule is Cc1cc(C(CN)N2CCCC(C)(C)CC2)ccc1Br. The Morgan fingerprint density at radius 3 is 2.70 bits per heavy atom. The molecule has 2 N–H and O–H groups in total. The van der Waals surface area contributed by atoms with Gasteiger partial charge in [0.2, 0.25) is 0 Å². The minimum Gasteiger partial charge on any atom is -0.329 e. The summed E-state index contributed by atoms with van der Waals surface area (Å²) in [6, 6.07) is 6.99. The number of likely N-dealkylation sites (tertiary alicyclic amines) is 1. The molecule has 2 rings (SSSR count). The molecule has 1 heterocycles. The van der Waals surface area contributed by atoms with E-state index in [4.69, 9.17) is 5.73 Å². The van der Waals surface area contributed by atoms with Crippen LogP contribution in [0.15, 0.2) is 22.7 Å². The molecular weight excluding hydrogens is 312 g/mol. The second-order valence-corrected chi connectivity index (χ2v) is 7.67. The molecule has 1 aliphatic heterocycles. The van der Waals surface area contributed by atoms with Crippen molar-refractivity contribution in [3.05, 3.63) is 33.8 Å². The number of halogens is 1. The van der Waals surface area contributed by atoms with E-state index in [-0.39, 0.29) is 0 Å². The van der Waals surface area contributed by atoms with Crippen molar-refractivity contribution in [2.75, 3.05) is 19.6 Å². The molecule has 1 aliphatic rings. The Kier molecular flexibility index (Phi) is 5.27. The van der Waals surface area contributed by atoms with Crippen LogP contribution in [0, 0.1) is 12.3 Å². The fourth-order valence-electron chi connectivity index (χ4n) is 3.13. The zero-order valence-electron chi connectivity index (χ0n) is 13.0. The summed E-state index contributed by atoms with van der Waals surface area (Å²) in [4.78, 5) is 2.58. The highest BCUT2D eigenvalue weighted by Gasteiger charge is 2.27. The van der Waals surface area contributed by atoms with Crippen LogP contribution in [-0.2, 0) is 0 Å². The van der Waals surface area contributed by atoms with Crippen LogP contribution in [0.3, 0.4) is 0 Å². The van der Waals surface area contributed by atoms with Crippen molar-refractivity contribution in [1.29, 1.82) is 0 Å². The zero-order valence-corrected chi connectivity index (χ0v) is 14.5. The van der Waals surface area contributed by atoms with E-state index in [0.717, 1.165) is 6.54 Å². The molecule has 0 bridgehead atoms. The van der Waals surface area contributed by atoms with Crippen LogP contribution in [-0.4, -0.2) is 24.5 Å². The number of rotatable bonds is 3. The van der Waals surface area contributed by atoms with Crippen molar-refractivity contribution in [3.8, 4) is 0 Å². The highest BCUT2D eigenvalue weighted by molar-refractivity contribution is 9.10. The maximum Gasteiger partial charge on any atom is 0.0470 e. The standard InChI is InChI=1S/C17H27BrN2/c1-13-11-14(5-6-15(13)18)16(12-19)20-9-4-7-17(2,3)8-10-20/h5-6,11,16H,4,7-10,12,19H2,1-3H3. The average molecular weight is 339 g/mol. The lowest BCUT2D eigenvalue weighted by Gasteiger charge is -2.31. The van der Waals surface area contributed by atoms with Gasteiger partial charge in [0.25, 0.3) is 0 Å². The molecule has 0 radical (unpaired) electrons. The van der Waals surface area contributed by atoms with Gasteiger partial charge in [-0.15, -0.1) is 0 Å². The fraction of sp³-hybridized carbons (Fsp3) is 0.647. The van der Waals surface area contributed by atoms with Crippen LogP contribution in [0.1, 0.15) is 50.3 Å². The number of benzene rings is 1. The van der Waals surface area contributed by atoms with Gasteiger partial charge in [0.05, 0.1) is 0 Å². The van der Waals surface area contributed by atoms with Gasteiger partial charge in [0.1, 0.15) is 0 Å². The summed E-state index contributed by atoms with van der Waals surface area (Å²) < 4.78 is 1.18. The predicted octanol–water partition coefficient (Wildman–Crippen LogP) is 4.27. The monoisotopic (exact) mass is 338 g/mol.